The van der Waals surface area contributed by atoms with Crippen molar-refractivity contribution in [1.82, 2.24) is 4.90 Å². The number of carbonyl (C=O) groups excluding carboxylic acids is 2. The third-order valence-corrected chi connectivity index (χ3v) is 6.37. The van der Waals surface area contributed by atoms with Gasteiger partial charge in [0.1, 0.15) is 0 Å². The summed E-state index contributed by atoms with van der Waals surface area (Å²) in [5, 5.41) is 2.06. The zero-order chi connectivity index (χ0) is 19.7. The highest BCUT2D eigenvalue weighted by molar-refractivity contribution is 7.13. The van der Waals surface area contributed by atoms with Crippen LogP contribution in [-0.4, -0.2) is 29.8 Å². The molecule has 3 rings (SSSR count). The Morgan fingerprint density at radius 1 is 1.15 bits per heavy atom. The summed E-state index contributed by atoms with van der Waals surface area (Å²) in [5.74, 6) is -0.118. The van der Waals surface area contributed by atoms with Crippen molar-refractivity contribution < 1.29 is 9.59 Å². The monoisotopic (exact) mass is 384 g/mol. The SMILES string of the molecule is CC(C)(C)C(=O)N1CCC(Cc2cccc(-c3cccs3)c2)(C(N)=O)CC1. The Balaban J connectivity index is 1.77. The van der Waals surface area contributed by atoms with Crippen molar-refractivity contribution in [2.45, 2.75) is 40.0 Å². The van der Waals surface area contributed by atoms with Crippen LogP contribution < -0.4 is 5.73 Å². The van der Waals surface area contributed by atoms with E-state index in [-0.39, 0.29) is 11.8 Å². The number of piperidine rings is 1. The van der Waals surface area contributed by atoms with Gasteiger partial charge in [-0.2, -0.15) is 0 Å². The first-order chi connectivity index (χ1) is 12.7. The van der Waals surface area contributed by atoms with Crippen LogP contribution in [0.4, 0.5) is 0 Å². The summed E-state index contributed by atoms with van der Waals surface area (Å²) in [4.78, 5) is 28.0. The molecule has 27 heavy (non-hydrogen) atoms. The fourth-order valence-electron chi connectivity index (χ4n) is 3.79. The molecule has 0 atom stereocenters. The smallest absolute Gasteiger partial charge is 0.227 e. The molecular formula is C22H28N2O2S. The Bertz CT molecular complexity index is 813. The minimum atomic E-state index is -0.581. The molecule has 2 N–H and O–H groups in total. The van der Waals surface area contributed by atoms with E-state index in [0.717, 1.165) is 5.56 Å². The second kappa shape index (κ2) is 7.47. The summed E-state index contributed by atoms with van der Waals surface area (Å²) in [6.07, 6.45) is 1.86. The van der Waals surface area contributed by atoms with E-state index in [0.29, 0.717) is 32.4 Å². The average molecular weight is 385 g/mol. The topological polar surface area (TPSA) is 63.4 Å². The highest BCUT2D eigenvalue weighted by atomic mass is 32.1. The van der Waals surface area contributed by atoms with E-state index in [9.17, 15) is 9.59 Å². The number of rotatable bonds is 4. The van der Waals surface area contributed by atoms with Crippen molar-refractivity contribution in [3.63, 3.8) is 0 Å². The second-order valence-corrected chi connectivity index (χ2v) is 9.49. The Morgan fingerprint density at radius 3 is 2.41 bits per heavy atom. The van der Waals surface area contributed by atoms with Gasteiger partial charge in [0, 0.05) is 23.4 Å². The maximum absolute atomic E-state index is 12.5. The van der Waals surface area contributed by atoms with Crippen molar-refractivity contribution in [2.75, 3.05) is 13.1 Å². The summed E-state index contributed by atoms with van der Waals surface area (Å²) >= 11 is 1.71. The largest absolute Gasteiger partial charge is 0.369 e. The van der Waals surface area contributed by atoms with Gasteiger partial charge in [0.15, 0.2) is 0 Å². The molecule has 1 aromatic heterocycles. The molecular weight excluding hydrogens is 356 g/mol. The summed E-state index contributed by atoms with van der Waals surface area (Å²) in [5.41, 5.74) is 7.16. The molecule has 0 unspecified atom stereocenters. The van der Waals surface area contributed by atoms with Crippen LogP contribution in [0.2, 0.25) is 0 Å². The van der Waals surface area contributed by atoms with Crippen molar-refractivity contribution in [3.05, 3.63) is 47.3 Å². The van der Waals surface area contributed by atoms with Gasteiger partial charge in [-0.3, -0.25) is 9.59 Å². The van der Waals surface area contributed by atoms with E-state index >= 15 is 0 Å². The van der Waals surface area contributed by atoms with Crippen molar-refractivity contribution >= 4 is 23.2 Å². The predicted molar refractivity (Wildman–Crippen MR) is 110 cm³/mol. The van der Waals surface area contributed by atoms with Gasteiger partial charge in [-0.1, -0.05) is 51.1 Å². The number of hydrogen-bond acceptors (Lipinski definition) is 3. The van der Waals surface area contributed by atoms with E-state index in [1.54, 1.807) is 11.3 Å². The van der Waals surface area contributed by atoms with Crippen molar-refractivity contribution in [3.8, 4) is 10.4 Å². The van der Waals surface area contributed by atoms with Gasteiger partial charge in [0.05, 0.1) is 5.41 Å². The number of thiophene rings is 1. The number of benzene rings is 1. The minimum Gasteiger partial charge on any atom is -0.369 e. The lowest BCUT2D eigenvalue weighted by atomic mass is 9.72. The molecule has 5 heteroatoms. The van der Waals surface area contributed by atoms with E-state index in [4.69, 9.17) is 5.73 Å². The number of hydrogen-bond donors (Lipinski definition) is 1. The summed E-state index contributed by atoms with van der Waals surface area (Å²) < 4.78 is 0. The Hall–Kier alpha value is -2.14. The van der Waals surface area contributed by atoms with Gasteiger partial charge in [-0.25, -0.2) is 0 Å². The molecule has 1 aliphatic heterocycles. The maximum atomic E-state index is 12.5. The second-order valence-electron chi connectivity index (χ2n) is 8.54. The van der Waals surface area contributed by atoms with Crippen LogP contribution >= 0.6 is 11.3 Å². The molecule has 0 spiro atoms. The molecule has 4 nitrogen and oxygen atoms in total. The van der Waals surface area contributed by atoms with E-state index in [1.165, 1.54) is 10.4 Å². The fourth-order valence-corrected chi connectivity index (χ4v) is 4.51. The zero-order valence-electron chi connectivity index (χ0n) is 16.3. The maximum Gasteiger partial charge on any atom is 0.227 e. The van der Waals surface area contributed by atoms with Crippen LogP contribution in [0, 0.1) is 10.8 Å². The molecule has 1 saturated heterocycles. The number of likely N-dealkylation sites (tertiary alicyclic amines) is 1. The zero-order valence-corrected chi connectivity index (χ0v) is 17.1. The molecule has 1 aliphatic rings. The molecule has 0 saturated carbocycles. The molecule has 0 bridgehead atoms. The summed E-state index contributed by atoms with van der Waals surface area (Å²) in [7, 11) is 0. The van der Waals surface area contributed by atoms with Gasteiger partial charge < -0.3 is 10.6 Å². The summed E-state index contributed by atoms with van der Waals surface area (Å²) in [6, 6.07) is 12.5. The van der Waals surface area contributed by atoms with E-state index in [1.807, 2.05) is 37.8 Å². The Morgan fingerprint density at radius 2 is 1.85 bits per heavy atom. The first-order valence-electron chi connectivity index (χ1n) is 9.43. The van der Waals surface area contributed by atoms with E-state index < -0.39 is 10.8 Å². The van der Waals surface area contributed by atoms with Crippen LogP contribution in [0.15, 0.2) is 41.8 Å². The highest BCUT2D eigenvalue weighted by Gasteiger charge is 2.42. The molecule has 144 valence electrons. The van der Waals surface area contributed by atoms with Crippen molar-refractivity contribution in [1.29, 1.82) is 0 Å². The van der Waals surface area contributed by atoms with Crippen molar-refractivity contribution in [2.24, 2.45) is 16.6 Å². The summed E-state index contributed by atoms with van der Waals surface area (Å²) in [6.45, 7) is 6.97. The first kappa shape index (κ1) is 19.6. The van der Waals surface area contributed by atoms with Gasteiger partial charge in [-0.15, -0.1) is 11.3 Å². The highest BCUT2D eigenvalue weighted by Crippen LogP contribution is 2.37. The quantitative estimate of drug-likeness (QED) is 0.863. The lowest BCUT2D eigenvalue weighted by Gasteiger charge is -2.41. The Labute approximate surface area is 165 Å². The minimum absolute atomic E-state index is 0.139. The molecule has 0 aliphatic carbocycles. The number of primary amides is 1. The van der Waals surface area contributed by atoms with E-state index in [2.05, 4.69) is 29.6 Å². The molecule has 1 aromatic carbocycles. The predicted octanol–water partition coefficient (Wildman–Crippen LogP) is 4.10. The van der Waals surface area contributed by atoms with Crippen LogP contribution in [0.5, 0.6) is 0 Å². The van der Waals surface area contributed by atoms with Gasteiger partial charge in [0.2, 0.25) is 11.8 Å². The molecule has 2 heterocycles. The normalized spacial score (nSPS) is 16.9. The third kappa shape index (κ3) is 4.24. The van der Waals surface area contributed by atoms with Crippen LogP contribution in [-0.2, 0) is 16.0 Å². The fraction of sp³-hybridized carbons (Fsp3) is 0.455. The number of nitrogens with two attached hydrogens (primary N) is 1. The number of carbonyl (C=O) groups is 2. The third-order valence-electron chi connectivity index (χ3n) is 5.45. The molecule has 2 aromatic rings. The van der Waals surface area contributed by atoms with Gasteiger partial charge >= 0.3 is 0 Å². The number of amides is 2. The lowest BCUT2D eigenvalue weighted by molar-refractivity contribution is -0.145. The first-order valence-corrected chi connectivity index (χ1v) is 10.3. The molecule has 2 amide bonds. The lowest BCUT2D eigenvalue weighted by Crippen LogP contribution is -2.51. The average Bonchev–Trinajstić information content (AvgIpc) is 3.16. The number of nitrogens with zero attached hydrogens (tertiary/aromatic N) is 1. The Kier molecular flexibility index (Phi) is 5.43. The molecule has 0 radical (unpaired) electrons. The standard InChI is InChI=1S/C22H28N2O2S/c1-21(2,3)20(26)24-11-9-22(10-12-24,19(23)25)15-16-6-4-7-17(14-16)18-8-5-13-27-18/h4-8,13-14H,9-12,15H2,1-3H3,(H2,23,25). The van der Waals surface area contributed by atoms with Crippen LogP contribution in [0.3, 0.4) is 0 Å². The van der Waals surface area contributed by atoms with Crippen LogP contribution in [0.1, 0.15) is 39.2 Å². The van der Waals surface area contributed by atoms with Gasteiger partial charge in [0.25, 0.3) is 0 Å². The molecule has 1 fully saturated rings. The van der Waals surface area contributed by atoms with Crippen LogP contribution in [0.25, 0.3) is 10.4 Å². The van der Waals surface area contributed by atoms with Gasteiger partial charge in [-0.05, 0) is 41.8 Å².